The van der Waals surface area contributed by atoms with Crippen molar-refractivity contribution in [1.29, 1.82) is 0 Å². The predicted octanol–water partition coefficient (Wildman–Crippen LogP) is 2.84. The van der Waals surface area contributed by atoms with E-state index in [1.54, 1.807) is 38.4 Å². The molecule has 3 rings (SSSR count). The van der Waals surface area contributed by atoms with E-state index in [1.807, 2.05) is 6.07 Å². The average molecular weight is 384 g/mol. The van der Waals surface area contributed by atoms with E-state index in [0.717, 1.165) is 5.56 Å². The standard InChI is InChI=1S/C19H20N4O3S/c1-4-9-27-19-22-16-15(17(24)23-19)14(12-7-6-8-20-10-12)13(11(3)21-16)18(25)26-5-2/h4,6-8,10,14H,1,5,9H2,2-3H3,(H2,21,22,23,24)/t14-/m1/s1. The van der Waals surface area contributed by atoms with Crippen molar-refractivity contribution in [3.05, 3.63) is 69.9 Å². The van der Waals surface area contributed by atoms with Gasteiger partial charge in [-0.1, -0.05) is 23.9 Å². The Morgan fingerprint density at radius 1 is 1.48 bits per heavy atom. The number of anilines is 1. The van der Waals surface area contributed by atoms with Crippen LogP contribution in [0.15, 0.2) is 58.4 Å². The Morgan fingerprint density at radius 2 is 2.30 bits per heavy atom. The molecule has 1 atom stereocenters. The van der Waals surface area contributed by atoms with Gasteiger partial charge in [-0.15, -0.1) is 6.58 Å². The lowest BCUT2D eigenvalue weighted by atomic mass is 9.83. The van der Waals surface area contributed by atoms with Crippen molar-refractivity contribution in [3.8, 4) is 0 Å². The van der Waals surface area contributed by atoms with Gasteiger partial charge in [-0.2, -0.15) is 0 Å². The number of nitrogens with one attached hydrogen (secondary N) is 2. The molecular formula is C19H20N4O3S. The molecule has 7 nitrogen and oxygen atoms in total. The fourth-order valence-corrected chi connectivity index (χ4v) is 3.59. The van der Waals surface area contributed by atoms with Crippen LogP contribution in [-0.4, -0.2) is 33.3 Å². The fourth-order valence-electron chi connectivity index (χ4n) is 3.00. The summed E-state index contributed by atoms with van der Waals surface area (Å²) in [6, 6.07) is 3.60. The lowest BCUT2D eigenvalue weighted by molar-refractivity contribution is -0.138. The molecule has 0 radical (unpaired) electrons. The van der Waals surface area contributed by atoms with Gasteiger partial charge in [0.1, 0.15) is 5.82 Å². The molecule has 0 unspecified atom stereocenters. The van der Waals surface area contributed by atoms with E-state index in [0.29, 0.717) is 33.6 Å². The Labute approximate surface area is 161 Å². The monoisotopic (exact) mass is 384 g/mol. The molecule has 0 aromatic carbocycles. The molecule has 0 saturated carbocycles. The summed E-state index contributed by atoms with van der Waals surface area (Å²) in [6.45, 7) is 7.44. The number of hydrogen-bond donors (Lipinski definition) is 2. The summed E-state index contributed by atoms with van der Waals surface area (Å²) < 4.78 is 5.23. The number of fused-ring (bicyclic) bond motifs is 1. The molecule has 1 aliphatic rings. The molecule has 2 N–H and O–H groups in total. The number of aromatic nitrogens is 3. The number of aromatic amines is 1. The summed E-state index contributed by atoms with van der Waals surface area (Å²) in [6.07, 6.45) is 5.02. The Balaban J connectivity index is 2.18. The van der Waals surface area contributed by atoms with E-state index in [9.17, 15) is 9.59 Å². The molecule has 3 heterocycles. The lowest BCUT2D eigenvalue weighted by Crippen LogP contribution is -2.31. The maximum absolute atomic E-state index is 12.9. The number of allylic oxidation sites excluding steroid dienone is 1. The van der Waals surface area contributed by atoms with Gasteiger partial charge in [0.2, 0.25) is 0 Å². The van der Waals surface area contributed by atoms with Crippen molar-refractivity contribution in [3.63, 3.8) is 0 Å². The first-order valence-corrected chi connectivity index (χ1v) is 9.48. The third kappa shape index (κ3) is 3.80. The zero-order chi connectivity index (χ0) is 19.4. The number of nitrogens with zero attached hydrogens (tertiary/aromatic N) is 2. The number of carbonyl (C=O) groups is 1. The van der Waals surface area contributed by atoms with E-state index >= 15 is 0 Å². The second-order valence-corrected chi connectivity index (χ2v) is 6.85. The maximum atomic E-state index is 12.9. The van der Waals surface area contributed by atoms with Crippen molar-refractivity contribution in [2.75, 3.05) is 17.7 Å². The molecule has 2 aromatic heterocycles. The van der Waals surface area contributed by atoms with Gasteiger partial charge >= 0.3 is 5.97 Å². The second kappa shape index (κ2) is 8.22. The van der Waals surface area contributed by atoms with Gasteiger partial charge in [0.05, 0.1) is 23.7 Å². The van der Waals surface area contributed by atoms with Crippen LogP contribution in [0.4, 0.5) is 5.82 Å². The third-order valence-electron chi connectivity index (χ3n) is 4.07. The molecule has 0 saturated heterocycles. The third-order valence-corrected chi connectivity index (χ3v) is 4.94. The second-order valence-electron chi connectivity index (χ2n) is 5.84. The van der Waals surface area contributed by atoms with E-state index in [1.165, 1.54) is 11.8 Å². The predicted molar refractivity (Wildman–Crippen MR) is 105 cm³/mol. The van der Waals surface area contributed by atoms with Crippen molar-refractivity contribution >= 4 is 23.5 Å². The number of hydrogen-bond acceptors (Lipinski definition) is 7. The largest absolute Gasteiger partial charge is 0.463 e. The Hall–Kier alpha value is -2.87. The minimum Gasteiger partial charge on any atom is -0.463 e. The van der Waals surface area contributed by atoms with Gasteiger partial charge in [0.25, 0.3) is 5.56 Å². The summed E-state index contributed by atoms with van der Waals surface area (Å²) in [5, 5.41) is 3.58. The highest BCUT2D eigenvalue weighted by Gasteiger charge is 2.36. The molecule has 8 heteroatoms. The molecule has 2 aromatic rings. The maximum Gasteiger partial charge on any atom is 0.336 e. The first-order valence-electron chi connectivity index (χ1n) is 8.49. The van der Waals surface area contributed by atoms with Gasteiger partial charge in [-0.25, -0.2) is 9.78 Å². The van der Waals surface area contributed by atoms with Crippen molar-refractivity contribution < 1.29 is 9.53 Å². The van der Waals surface area contributed by atoms with Crippen molar-refractivity contribution in [2.24, 2.45) is 0 Å². The summed E-state index contributed by atoms with van der Waals surface area (Å²) in [5.74, 6) is -0.0173. The number of carbonyl (C=O) groups excluding carboxylic acids is 1. The first kappa shape index (κ1) is 18.9. The number of ether oxygens (including phenoxy) is 1. The van der Waals surface area contributed by atoms with E-state index in [4.69, 9.17) is 4.74 Å². The van der Waals surface area contributed by atoms with Gasteiger partial charge in [0.15, 0.2) is 5.16 Å². The van der Waals surface area contributed by atoms with Crippen LogP contribution in [0, 0.1) is 0 Å². The van der Waals surface area contributed by atoms with Crippen LogP contribution < -0.4 is 10.9 Å². The Morgan fingerprint density at radius 3 is 2.96 bits per heavy atom. The van der Waals surface area contributed by atoms with Crippen LogP contribution in [0.5, 0.6) is 0 Å². The molecule has 27 heavy (non-hydrogen) atoms. The summed E-state index contributed by atoms with van der Waals surface area (Å²) >= 11 is 1.38. The molecule has 0 aliphatic carbocycles. The van der Waals surface area contributed by atoms with Crippen LogP contribution in [0.3, 0.4) is 0 Å². The van der Waals surface area contributed by atoms with Crippen LogP contribution in [0.1, 0.15) is 30.9 Å². The number of thioether (sulfide) groups is 1. The van der Waals surface area contributed by atoms with Crippen molar-refractivity contribution in [2.45, 2.75) is 24.9 Å². The quantitative estimate of drug-likeness (QED) is 0.342. The van der Waals surface area contributed by atoms with Gasteiger partial charge in [0, 0.05) is 23.8 Å². The zero-order valence-corrected chi connectivity index (χ0v) is 15.9. The number of pyridine rings is 1. The average Bonchev–Trinajstić information content (AvgIpc) is 2.66. The summed E-state index contributed by atoms with van der Waals surface area (Å²) in [7, 11) is 0. The summed E-state index contributed by atoms with van der Waals surface area (Å²) in [5.41, 5.74) is 1.78. The topological polar surface area (TPSA) is 97.0 Å². The van der Waals surface area contributed by atoms with Crippen LogP contribution in [-0.2, 0) is 9.53 Å². The summed E-state index contributed by atoms with van der Waals surface area (Å²) in [4.78, 5) is 37.0. The normalized spacial score (nSPS) is 15.7. The van der Waals surface area contributed by atoms with Crippen LogP contribution in [0.25, 0.3) is 0 Å². The molecule has 0 bridgehead atoms. The fraction of sp³-hybridized carbons (Fsp3) is 0.263. The van der Waals surface area contributed by atoms with Gasteiger partial charge in [-0.05, 0) is 25.5 Å². The van der Waals surface area contributed by atoms with E-state index in [-0.39, 0.29) is 12.2 Å². The lowest BCUT2D eigenvalue weighted by Gasteiger charge is -2.28. The van der Waals surface area contributed by atoms with Crippen LogP contribution >= 0.6 is 11.8 Å². The molecule has 0 amide bonds. The number of rotatable bonds is 6. The molecule has 0 fully saturated rings. The smallest absolute Gasteiger partial charge is 0.336 e. The van der Waals surface area contributed by atoms with Crippen molar-refractivity contribution in [1.82, 2.24) is 15.0 Å². The highest BCUT2D eigenvalue weighted by Crippen LogP contribution is 2.39. The van der Waals surface area contributed by atoms with Gasteiger partial charge in [-0.3, -0.25) is 9.78 Å². The minimum atomic E-state index is -0.608. The highest BCUT2D eigenvalue weighted by atomic mass is 32.2. The molecule has 0 spiro atoms. The molecule has 1 aliphatic heterocycles. The Kier molecular flexibility index (Phi) is 5.75. The zero-order valence-electron chi connectivity index (χ0n) is 15.1. The number of esters is 1. The van der Waals surface area contributed by atoms with E-state index < -0.39 is 11.9 Å². The molecular weight excluding hydrogens is 364 g/mol. The van der Waals surface area contributed by atoms with Gasteiger partial charge < -0.3 is 15.0 Å². The number of H-pyrrole nitrogens is 1. The Bertz CT molecular complexity index is 953. The van der Waals surface area contributed by atoms with Crippen LogP contribution in [0.2, 0.25) is 0 Å². The first-order chi connectivity index (χ1) is 13.1. The SMILES string of the molecule is C=CCSc1nc2c(c(=O)[nH]1)[C@H](c1cccnc1)C(C(=O)OCC)=C(C)N2. The van der Waals surface area contributed by atoms with E-state index in [2.05, 4.69) is 26.8 Å². The highest BCUT2D eigenvalue weighted by molar-refractivity contribution is 7.99. The minimum absolute atomic E-state index is 0.244. The molecule has 140 valence electrons.